The standard InChI is InChI=1S/C11H10ClNO2/c1-7(14)11(12)13-9-5-3-2-4-8(9)6-10(13)15/h2-5,11H,6H2,1H3. The van der Waals surface area contributed by atoms with Gasteiger partial charge in [0.25, 0.3) is 0 Å². The summed E-state index contributed by atoms with van der Waals surface area (Å²) in [7, 11) is 0. The van der Waals surface area contributed by atoms with Gasteiger partial charge in [0.1, 0.15) is 0 Å². The average molecular weight is 224 g/mol. The predicted octanol–water partition coefficient (Wildman–Crippen LogP) is 1.73. The van der Waals surface area contributed by atoms with Crippen molar-refractivity contribution in [2.24, 2.45) is 0 Å². The van der Waals surface area contributed by atoms with Gasteiger partial charge in [-0.05, 0) is 18.6 Å². The number of alkyl halides is 1. The Balaban J connectivity index is 2.42. The van der Waals surface area contributed by atoms with Gasteiger partial charge < -0.3 is 0 Å². The second-order valence-corrected chi connectivity index (χ2v) is 3.93. The second-order valence-electron chi connectivity index (χ2n) is 3.52. The van der Waals surface area contributed by atoms with Crippen LogP contribution < -0.4 is 4.90 Å². The lowest BCUT2D eigenvalue weighted by molar-refractivity contribution is -0.121. The Labute approximate surface area is 92.6 Å². The molecule has 1 atom stereocenters. The number of hydrogen-bond donors (Lipinski definition) is 0. The molecule has 0 saturated carbocycles. The van der Waals surface area contributed by atoms with Crippen LogP contribution in [0.1, 0.15) is 12.5 Å². The molecule has 3 nitrogen and oxygen atoms in total. The van der Waals surface area contributed by atoms with Crippen molar-refractivity contribution in [1.82, 2.24) is 0 Å². The molecular formula is C11H10ClNO2. The highest BCUT2D eigenvalue weighted by Crippen LogP contribution is 2.31. The number of para-hydroxylation sites is 1. The van der Waals surface area contributed by atoms with Crippen LogP contribution >= 0.6 is 11.6 Å². The van der Waals surface area contributed by atoms with E-state index in [0.717, 1.165) is 11.3 Å². The maximum atomic E-state index is 11.7. The molecule has 1 aliphatic rings. The van der Waals surface area contributed by atoms with Crippen LogP contribution in [0, 0.1) is 0 Å². The minimum absolute atomic E-state index is 0.119. The molecule has 0 fully saturated rings. The molecule has 0 aliphatic carbocycles. The molecule has 1 aliphatic heterocycles. The smallest absolute Gasteiger partial charge is 0.233 e. The van der Waals surface area contributed by atoms with E-state index in [2.05, 4.69) is 0 Å². The zero-order chi connectivity index (χ0) is 11.0. The molecule has 2 rings (SSSR count). The molecule has 1 aromatic rings. The highest BCUT2D eigenvalue weighted by Gasteiger charge is 2.33. The molecule has 4 heteroatoms. The molecule has 0 bridgehead atoms. The first-order valence-corrected chi connectivity index (χ1v) is 5.09. The molecular weight excluding hydrogens is 214 g/mol. The quantitative estimate of drug-likeness (QED) is 0.566. The number of halogens is 1. The number of Topliss-reactive ketones (excluding diaryl/α,β-unsaturated/α-hetero) is 1. The van der Waals surface area contributed by atoms with Crippen LogP contribution in [0.4, 0.5) is 5.69 Å². The SMILES string of the molecule is CC(=O)C(Cl)N1C(=O)Cc2ccccc21. The van der Waals surface area contributed by atoms with E-state index in [0.29, 0.717) is 6.42 Å². The number of carbonyl (C=O) groups is 2. The molecule has 0 N–H and O–H groups in total. The third-order valence-corrected chi connectivity index (χ3v) is 2.93. The maximum absolute atomic E-state index is 11.7. The van der Waals surface area contributed by atoms with Crippen molar-refractivity contribution < 1.29 is 9.59 Å². The summed E-state index contributed by atoms with van der Waals surface area (Å²) in [6.45, 7) is 1.38. The van der Waals surface area contributed by atoms with E-state index in [1.165, 1.54) is 11.8 Å². The third-order valence-electron chi connectivity index (χ3n) is 2.42. The van der Waals surface area contributed by atoms with E-state index >= 15 is 0 Å². The summed E-state index contributed by atoms with van der Waals surface area (Å²) >= 11 is 5.90. The van der Waals surface area contributed by atoms with Gasteiger partial charge in [-0.15, -0.1) is 0 Å². The monoisotopic (exact) mass is 223 g/mol. The highest BCUT2D eigenvalue weighted by atomic mass is 35.5. The number of nitrogens with zero attached hydrogens (tertiary/aromatic N) is 1. The molecule has 1 amide bonds. The van der Waals surface area contributed by atoms with Gasteiger partial charge in [0.05, 0.1) is 6.42 Å². The van der Waals surface area contributed by atoms with E-state index in [-0.39, 0.29) is 11.7 Å². The predicted molar refractivity (Wildman–Crippen MR) is 58.0 cm³/mol. The summed E-state index contributed by atoms with van der Waals surface area (Å²) in [5.41, 5.74) is 0.785. The molecule has 0 spiro atoms. The normalized spacial score (nSPS) is 16.4. The van der Waals surface area contributed by atoms with E-state index in [4.69, 9.17) is 11.6 Å². The molecule has 15 heavy (non-hydrogen) atoms. The molecule has 0 saturated heterocycles. The van der Waals surface area contributed by atoms with Gasteiger partial charge in [-0.1, -0.05) is 29.8 Å². The van der Waals surface area contributed by atoms with E-state index in [1.807, 2.05) is 18.2 Å². The summed E-state index contributed by atoms with van der Waals surface area (Å²) in [5, 5.41) is 0. The number of rotatable bonds is 2. The Morgan fingerprint density at radius 3 is 2.80 bits per heavy atom. The van der Waals surface area contributed by atoms with Crippen molar-refractivity contribution in [1.29, 1.82) is 0 Å². The topological polar surface area (TPSA) is 37.4 Å². The lowest BCUT2D eigenvalue weighted by Gasteiger charge is -2.20. The third kappa shape index (κ3) is 1.63. The van der Waals surface area contributed by atoms with Gasteiger partial charge in [-0.25, -0.2) is 0 Å². The van der Waals surface area contributed by atoms with Crippen LogP contribution in [-0.4, -0.2) is 17.2 Å². The van der Waals surface area contributed by atoms with Crippen molar-refractivity contribution in [2.45, 2.75) is 18.8 Å². The second kappa shape index (κ2) is 3.66. The molecule has 0 radical (unpaired) electrons. The average Bonchev–Trinajstić information content (AvgIpc) is 2.52. The number of ketones is 1. The number of hydrogen-bond acceptors (Lipinski definition) is 2. The number of fused-ring (bicyclic) bond motifs is 1. The Bertz CT molecular complexity index is 430. The summed E-state index contributed by atoms with van der Waals surface area (Å²) in [6.07, 6.45) is 0.326. The van der Waals surface area contributed by atoms with Crippen LogP contribution in [0.5, 0.6) is 0 Å². The number of carbonyl (C=O) groups excluding carboxylic acids is 2. The number of benzene rings is 1. The fourth-order valence-electron chi connectivity index (χ4n) is 1.71. The van der Waals surface area contributed by atoms with Crippen molar-refractivity contribution >= 4 is 29.0 Å². The number of anilines is 1. The molecule has 78 valence electrons. The zero-order valence-electron chi connectivity index (χ0n) is 8.24. The van der Waals surface area contributed by atoms with Crippen molar-refractivity contribution in [3.8, 4) is 0 Å². The minimum atomic E-state index is -0.888. The van der Waals surface area contributed by atoms with Crippen molar-refractivity contribution in [3.05, 3.63) is 29.8 Å². The van der Waals surface area contributed by atoms with Crippen LogP contribution in [-0.2, 0) is 16.0 Å². The van der Waals surface area contributed by atoms with Crippen LogP contribution in [0.15, 0.2) is 24.3 Å². The fourth-order valence-corrected chi connectivity index (χ4v) is 1.92. The largest absolute Gasteiger partial charge is 0.296 e. The number of amides is 1. The van der Waals surface area contributed by atoms with Gasteiger partial charge in [0.2, 0.25) is 5.91 Å². The van der Waals surface area contributed by atoms with Crippen molar-refractivity contribution in [3.63, 3.8) is 0 Å². The van der Waals surface area contributed by atoms with E-state index < -0.39 is 5.50 Å². The lowest BCUT2D eigenvalue weighted by atomic mass is 10.2. The zero-order valence-corrected chi connectivity index (χ0v) is 8.99. The van der Waals surface area contributed by atoms with Gasteiger partial charge in [-0.2, -0.15) is 0 Å². The molecule has 0 aromatic heterocycles. The van der Waals surface area contributed by atoms with Gasteiger partial charge in [0, 0.05) is 5.69 Å². The molecule has 1 heterocycles. The fraction of sp³-hybridized carbons (Fsp3) is 0.273. The Hall–Kier alpha value is -1.35. The first kappa shape index (κ1) is 10.2. The van der Waals surface area contributed by atoms with E-state index in [1.54, 1.807) is 6.07 Å². The molecule has 1 aromatic carbocycles. The van der Waals surface area contributed by atoms with Gasteiger partial charge in [-0.3, -0.25) is 14.5 Å². The minimum Gasteiger partial charge on any atom is -0.296 e. The Morgan fingerprint density at radius 1 is 1.47 bits per heavy atom. The van der Waals surface area contributed by atoms with Crippen LogP contribution in [0.3, 0.4) is 0 Å². The first-order valence-electron chi connectivity index (χ1n) is 4.66. The highest BCUT2D eigenvalue weighted by molar-refractivity contribution is 6.35. The molecule has 1 unspecified atom stereocenters. The summed E-state index contributed by atoms with van der Waals surface area (Å²) < 4.78 is 0. The summed E-state index contributed by atoms with van der Waals surface area (Å²) in [4.78, 5) is 24.2. The summed E-state index contributed by atoms with van der Waals surface area (Å²) in [6, 6.07) is 7.37. The maximum Gasteiger partial charge on any atom is 0.233 e. The first-order chi connectivity index (χ1) is 7.11. The lowest BCUT2D eigenvalue weighted by Crippen LogP contribution is -2.38. The van der Waals surface area contributed by atoms with Crippen LogP contribution in [0.2, 0.25) is 0 Å². The van der Waals surface area contributed by atoms with Gasteiger partial charge >= 0.3 is 0 Å². The Kier molecular flexibility index (Phi) is 2.49. The summed E-state index contributed by atoms with van der Waals surface area (Å²) in [5.74, 6) is -0.340. The van der Waals surface area contributed by atoms with Crippen molar-refractivity contribution in [2.75, 3.05) is 4.90 Å². The van der Waals surface area contributed by atoms with E-state index in [9.17, 15) is 9.59 Å². The van der Waals surface area contributed by atoms with Crippen LogP contribution in [0.25, 0.3) is 0 Å². The Morgan fingerprint density at radius 2 is 2.13 bits per heavy atom. The van der Waals surface area contributed by atoms with Gasteiger partial charge in [0.15, 0.2) is 11.3 Å².